The molecule has 7 heteroatoms. The van der Waals surface area contributed by atoms with Crippen LogP contribution in [0.1, 0.15) is 18.9 Å². The number of alkyl carbamates (subject to hydrolysis) is 1. The Labute approximate surface area is 153 Å². The van der Waals surface area contributed by atoms with Gasteiger partial charge in [-0.1, -0.05) is 48.5 Å². The topological polar surface area (TPSA) is 75.7 Å². The van der Waals surface area contributed by atoms with Crippen LogP contribution in [0.2, 0.25) is 0 Å². The van der Waals surface area contributed by atoms with Crippen molar-refractivity contribution in [3.8, 4) is 0 Å². The molecule has 2 atom stereocenters. The first kappa shape index (κ1) is 18.4. The Kier molecular flexibility index (Phi) is 5.58. The average Bonchev–Trinajstić information content (AvgIpc) is 3.02. The van der Waals surface area contributed by atoms with E-state index in [-0.39, 0.29) is 30.1 Å². The Bertz CT molecular complexity index is 840. The molecule has 1 fully saturated rings. The number of hydrogen-bond acceptors (Lipinski definition) is 4. The molecule has 2 aromatic rings. The van der Waals surface area contributed by atoms with Crippen molar-refractivity contribution in [2.45, 2.75) is 36.9 Å². The van der Waals surface area contributed by atoms with Gasteiger partial charge < -0.3 is 10.1 Å². The van der Waals surface area contributed by atoms with Gasteiger partial charge in [0, 0.05) is 18.6 Å². The van der Waals surface area contributed by atoms with Gasteiger partial charge in [-0.05, 0) is 31.0 Å². The van der Waals surface area contributed by atoms with E-state index in [0.29, 0.717) is 6.42 Å². The van der Waals surface area contributed by atoms with Crippen LogP contribution in [0.4, 0.5) is 4.79 Å². The van der Waals surface area contributed by atoms with E-state index in [1.165, 1.54) is 4.31 Å². The molecule has 0 bridgehead atoms. The number of carbonyl (C=O) groups excluding carboxylic acids is 1. The maximum Gasteiger partial charge on any atom is 0.407 e. The van der Waals surface area contributed by atoms with Crippen LogP contribution in [0, 0.1) is 0 Å². The molecule has 1 saturated heterocycles. The van der Waals surface area contributed by atoms with Gasteiger partial charge in [0.25, 0.3) is 0 Å². The Morgan fingerprint density at radius 3 is 2.38 bits per heavy atom. The summed E-state index contributed by atoms with van der Waals surface area (Å²) in [7, 11) is -3.57. The van der Waals surface area contributed by atoms with Gasteiger partial charge in [0.1, 0.15) is 6.61 Å². The van der Waals surface area contributed by atoms with Gasteiger partial charge in [0.2, 0.25) is 10.0 Å². The van der Waals surface area contributed by atoms with Crippen molar-refractivity contribution in [3.05, 3.63) is 66.2 Å². The highest BCUT2D eigenvalue weighted by Crippen LogP contribution is 2.26. The van der Waals surface area contributed by atoms with E-state index in [2.05, 4.69) is 5.32 Å². The molecule has 3 rings (SSSR count). The van der Waals surface area contributed by atoms with E-state index in [1.807, 2.05) is 37.3 Å². The van der Waals surface area contributed by atoms with Crippen LogP contribution in [-0.4, -0.2) is 37.4 Å². The largest absolute Gasteiger partial charge is 0.445 e. The molecular weight excluding hydrogens is 352 g/mol. The Morgan fingerprint density at radius 2 is 1.73 bits per heavy atom. The number of benzene rings is 2. The van der Waals surface area contributed by atoms with E-state index < -0.39 is 16.1 Å². The second kappa shape index (κ2) is 7.88. The van der Waals surface area contributed by atoms with Gasteiger partial charge >= 0.3 is 6.09 Å². The van der Waals surface area contributed by atoms with Gasteiger partial charge in [-0.25, -0.2) is 13.2 Å². The molecular formula is C19H22N2O4S. The normalized spacial score (nSPS) is 20.7. The summed E-state index contributed by atoms with van der Waals surface area (Å²) in [5.41, 5.74) is 0.899. The number of rotatable bonds is 5. The molecule has 0 aliphatic carbocycles. The van der Waals surface area contributed by atoms with Crippen molar-refractivity contribution >= 4 is 16.1 Å². The monoisotopic (exact) mass is 374 g/mol. The average molecular weight is 374 g/mol. The minimum absolute atomic E-state index is 0.182. The predicted molar refractivity (Wildman–Crippen MR) is 98.0 cm³/mol. The maximum atomic E-state index is 12.8. The van der Waals surface area contributed by atoms with E-state index >= 15 is 0 Å². The first-order valence-electron chi connectivity index (χ1n) is 8.51. The number of hydrogen-bond donors (Lipinski definition) is 1. The lowest BCUT2D eigenvalue weighted by Crippen LogP contribution is -2.39. The fourth-order valence-corrected chi connectivity index (χ4v) is 4.81. The molecule has 0 aromatic heterocycles. The van der Waals surface area contributed by atoms with Crippen molar-refractivity contribution in [2.75, 3.05) is 6.54 Å². The highest BCUT2D eigenvalue weighted by molar-refractivity contribution is 7.89. The molecule has 138 valence electrons. The third-order valence-corrected chi connectivity index (χ3v) is 6.40. The van der Waals surface area contributed by atoms with E-state index in [4.69, 9.17) is 4.74 Å². The molecule has 6 nitrogen and oxygen atoms in total. The Hall–Kier alpha value is -2.38. The summed E-state index contributed by atoms with van der Waals surface area (Å²) in [6, 6.07) is 17.3. The number of ether oxygens (including phenoxy) is 1. The van der Waals surface area contributed by atoms with Crippen LogP contribution < -0.4 is 5.32 Å². The first-order chi connectivity index (χ1) is 12.5. The molecule has 2 aromatic carbocycles. The van der Waals surface area contributed by atoms with Crippen molar-refractivity contribution in [1.29, 1.82) is 0 Å². The summed E-state index contributed by atoms with van der Waals surface area (Å²) in [5, 5.41) is 2.77. The summed E-state index contributed by atoms with van der Waals surface area (Å²) >= 11 is 0. The van der Waals surface area contributed by atoms with Crippen molar-refractivity contribution in [3.63, 3.8) is 0 Å². The molecule has 1 amide bonds. The van der Waals surface area contributed by atoms with Crippen LogP contribution in [0.3, 0.4) is 0 Å². The molecule has 26 heavy (non-hydrogen) atoms. The van der Waals surface area contributed by atoms with Crippen molar-refractivity contribution in [1.82, 2.24) is 9.62 Å². The van der Waals surface area contributed by atoms with Gasteiger partial charge in [0.05, 0.1) is 4.90 Å². The van der Waals surface area contributed by atoms with Crippen molar-refractivity contribution in [2.24, 2.45) is 0 Å². The number of sulfonamides is 1. The fraction of sp³-hybridized carbons (Fsp3) is 0.316. The highest BCUT2D eigenvalue weighted by atomic mass is 32.2. The molecule has 1 heterocycles. The lowest BCUT2D eigenvalue weighted by atomic mass is 10.2. The standard InChI is InChI=1S/C19H22N2O4S/c1-15-12-17(20-19(22)25-14-16-8-4-2-5-9-16)13-21(15)26(23,24)18-10-6-3-7-11-18/h2-11,15,17H,12-14H2,1H3,(H,20,22)/t15-,17+/m1/s1. The van der Waals surface area contributed by atoms with Crippen molar-refractivity contribution < 1.29 is 17.9 Å². The highest BCUT2D eigenvalue weighted by Gasteiger charge is 2.38. The molecule has 0 unspecified atom stereocenters. The summed E-state index contributed by atoms with van der Waals surface area (Å²) in [6.45, 7) is 2.26. The number of nitrogens with zero attached hydrogens (tertiary/aromatic N) is 1. The zero-order chi connectivity index (χ0) is 18.6. The predicted octanol–water partition coefficient (Wildman–Crippen LogP) is 2.76. The second-order valence-electron chi connectivity index (χ2n) is 6.38. The summed E-state index contributed by atoms with van der Waals surface area (Å²) in [6.07, 6.45) is 0.0111. The Balaban J connectivity index is 1.57. The molecule has 0 radical (unpaired) electrons. The van der Waals surface area contributed by atoms with E-state index in [1.54, 1.807) is 30.3 Å². The number of carbonyl (C=O) groups is 1. The zero-order valence-corrected chi connectivity index (χ0v) is 15.4. The second-order valence-corrected chi connectivity index (χ2v) is 8.27. The van der Waals surface area contributed by atoms with Crippen LogP contribution >= 0.6 is 0 Å². The first-order valence-corrected chi connectivity index (χ1v) is 9.95. The van der Waals surface area contributed by atoms with Gasteiger partial charge in [0.15, 0.2) is 0 Å². The fourth-order valence-electron chi connectivity index (χ4n) is 3.10. The summed E-state index contributed by atoms with van der Waals surface area (Å²) in [4.78, 5) is 12.3. The van der Waals surface area contributed by atoms with Gasteiger partial charge in [-0.15, -0.1) is 0 Å². The maximum absolute atomic E-state index is 12.8. The third kappa shape index (κ3) is 4.23. The molecule has 0 spiro atoms. The lowest BCUT2D eigenvalue weighted by Gasteiger charge is -2.20. The van der Waals surface area contributed by atoms with Crippen LogP contribution in [0.15, 0.2) is 65.6 Å². The van der Waals surface area contributed by atoms with Gasteiger partial charge in [-0.3, -0.25) is 0 Å². The minimum atomic E-state index is -3.57. The smallest absolute Gasteiger partial charge is 0.407 e. The van der Waals surface area contributed by atoms with Gasteiger partial charge in [-0.2, -0.15) is 4.31 Å². The van der Waals surface area contributed by atoms with Crippen LogP contribution in [0.25, 0.3) is 0 Å². The SMILES string of the molecule is C[C@@H]1C[C@H](NC(=O)OCc2ccccc2)CN1S(=O)(=O)c1ccccc1. The number of amides is 1. The summed E-state index contributed by atoms with van der Waals surface area (Å²) < 4.78 is 32.2. The molecule has 1 aliphatic heterocycles. The molecule has 1 aliphatic rings. The van der Waals surface area contributed by atoms with Crippen LogP contribution in [-0.2, 0) is 21.4 Å². The lowest BCUT2D eigenvalue weighted by molar-refractivity contribution is 0.136. The Morgan fingerprint density at radius 1 is 1.12 bits per heavy atom. The van der Waals surface area contributed by atoms with E-state index in [9.17, 15) is 13.2 Å². The van der Waals surface area contributed by atoms with Crippen LogP contribution in [0.5, 0.6) is 0 Å². The zero-order valence-electron chi connectivity index (χ0n) is 14.5. The molecule has 1 N–H and O–H groups in total. The third-order valence-electron chi connectivity index (χ3n) is 4.40. The van der Waals surface area contributed by atoms with E-state index in [0.717, 1.165) is 5.56 Å². The molecule has 0 saturated carbocycles. The minimum Gasteiger partial charge on any atom is -0.445 e. The summed E-state index contributed by atoms with van der Waals surface area (Å²) in [5.74, 6) is 0. The number of nitrogens with one attached hydrogen (secondary N) is 1. The quantitative estimate of drug-likeness (QED) is 0.873.